The highest BCUT2D eigenvalue weighted by Crippen LogP contribution is 2.18. The number of nitrogens with two attached hydrogens (primary N) is 1. The summed E-state index contributed by atoms with van der Waals surface area (Å²) in [5.41, 5.74) is 6.64. The normalized spacial score (nSPS) is 21.8. The molecule has 1 aliphatic rings. The lowest BCUT2D eigenvalue weighted by Gasteiger charge is -2.27. The minimum Gasteiger partial charge on any atom is -0.395 e. The van der Waals surface area contributed by atoms with Crippen molar-refractivity contribution in [3.63, 3.8) is 0 Å². The molecule has 5 heteroatoms. The van der Waals surface area contributed by atoms with E-state index in [1.807, 2.05) is 6.92 Å². The van der Waals surface area contributed by atoms with Crippen molar-refractivity contribution in [2.75, 3.05) is 18.9 Å². The highest BCUT2D eigenvalue weighted by atomic mass is 16.3. The molecule has 0 aromatic carbocycles. The Balaban J connectivity index is 2.09. The Morgan fingerprint density at radius 1 is 1.39 bits per heavy atom. The molecule has 5 nitrogen and oxygen atoms in total. The summed E-state index contributed by atoms with van der Waals surface area (Å²) in [7, 11) is 0. The molecular formula is C13H22N4O. The molecule has 100 valence electrons. The molecular weight excluding hydrogens is 228 g/mol. The first-order valence-corrected chi connectivity index (χ1v) is 6.64. The molecule has 1 saturated heterocycles. The van der Waals surface area contributed by atoms with E-state index in [-0.39, 0.29) is 12.6 Å². The number of likely N-dealkylation sites (tertiary alicyclic amines) is 1. The van der Waals surface area contributed by atoms with Crippen molar-refractivity contribution in [1.29, 1.82) is 0 Å². The lowest BCUT2D eigenvalue weighted by Crippen LogP contribution is -2.37. The van der Waals surface area contributed by atoms with Gasteiger partial charge in [0.15, 0.2) is 0 Å². The molecule has 1 aromatic rings. The van der Waals surface area contributed by atoms with Crippen molar-refractivity contribution in [3.05, 3.63) is 17.6 Å². The Labute approximate surface area is 108 Å². The lowest BCUT2D eigenvalue weighted by atomic mass is 10.1. The van der Waals surface area contributed by atoms with Crippen LogP contribution >= 0.6 is 0 Å². The number of hydrogen-bond donors (Lipinski definition) is 2. The van der Waals surface area contributed by atoms with Crippen LogP contribution in [0, 0.1) is 6.92 Å². The van der Waals surface area contributed by atoms with Crippen molar-refractivity contribution in [2.45, 2.75) is 45.2 Å². The standard InChI is InChI=1S/C13H22N4O/c1-10-7-12(14)16-13(15-10)8-17-6-4-2-3-5-11(17)9-18/h7,11,18H,2-6,8-9H2,1H3,(H2,14,15,16). The van der Waals surface area contributed by atoms with Gasteiger partial charge in [-0.3, -0.25) is 4.90 Å². The highest BCUT2D eigenvalue weighted by molar-refractivity contribution is 5.29. The minimum atomic E-state index is 0.210. The lowest BCUT2D eigenvalue weighted by molar-refractivity contribution is 0.116. The molecule has 0 saturated carbocycles. The number of aliphatic hydroxyl groups excluding tert-OH is 1. The van der Waals surface area contributed by atoms with Crippen molar-refractivity contribution in [3.8, 4) is 0 Å². The summed E-state index contributed by atoms with van der Waals surface area (Å²) < 4.78 is 0. The van der Waals surface area contributed by atoms with Gasteiger partial charge in [0.25, 0.3) is 0 Å². The van der Waals surface area contributed by atoms with E-state index in [4.69, 9.17) is 5.73 Å². The number of anilines is 1. The van der Waals surface area contributed by atoms with E-state index >= 15 is 0 Å². The number of aromatic nitrogens is 2. The van der Waals surface area contributed by atoms with E-state index in [1.54, 1.807) is 6.07 Å². The van der Waals surface area contributed by atoms with Gasteiger partial charge in [-0.1, -0.05) is 12.8 Å². The van der Waals surface area contributed by atoms with Crippen LogP contribution < -0.4 is 5.73 Å². The van der Waals surface area contributed by atoms with Gasteiger partial charge in [0.05, 0.1) is 13.2 Å². The van der Waals surface area contributed by atoms with Crippen LogP contribution in [0.4, 0.5) is 5.82 Å². The molecule has 2 rings (SSSR count). The molecule has 0 bridgehead atoms. The van der Waals surface area contributed by atoms with Crippen LogP contribution in [0.15, 0.2) is 6.07 Å². The number of hydrogen-bond acceptors (Lipinski definition) is 5. The number of nitrogen functional groups attached to an aromatic ring is 1. The monoisotopic (exact) mass is 250 g/mol. The molecule has 18 heavy (non-hydrogen) atoms. The van der Waals surface area contributed by atoms with Gasteiger partial charge < -0.3 is 10.8 Å². The summed E-state index contributed by atoms with van der Waals surface area (Å²) in [6.45, 7) is 3.81. The third kappa shape index (κ3) is 3.40. The van der Waals surface area contributed by atoms with Gasteiger partial charge in [0.2, 0.25) is 0 Å². The molecule has 0 aliphatic carbocycles. The first-order chi connectivity index (χ1) is 8.69. The van der Waals surface area contributed by atoms with Crippen molar-refractivity contribution in [2.24, 2.45) is 0 Å². The molecule has 1 fully saturated rings. The van der Waals surface area contributed by atoms with Crippen molar-refractivity contribution >= 4 is 5.82 Å². The van der Waals surface area contributed by atoms with Crippen LogP contribution in [-0.4, -0.2) is 39.2 Å². The van der Waals surface area contributed by atoms with E-state index < -0.39 is 0 Å². The van der Waals surface area contributed by atoms with Gasteiger partial charge in [0, 0.05) is 17.8 Å². The Morgan fingerprint density at radius 2 is 2.22 bits per heavy atom. The number of nitrogens with zero attached hydrogens (tertiary/aromatic N) is 3. The average Bonchev–Trinajstić information content (AvgIpc) is 2.52. The summed E-state index contributed by atoms with van der Waals surface area (Å²) in [5, 5.41) is 9.47. The van der Waals surface area contributed by atoms with Crippen LogP contribution in [0.25, 0.3) is 0 Å². The third-order valence-electron chi connectivity index (χ3n) is 3.47. The maximum Gasteiger partial charge on any atom is 0.144 e. The summed E-state index contributed by atoms with van der Waals surface area (Å²) in [6.07, 6.45) is 4.66. The second kappa shape index (κ2) is 6.11. The number of rotatable bonds is 3. The van der Waals surface area contributed by atoms with Crippen LogP contribution in [0.1, 0.15) is 37.2 Å². The molecule has 1 atom stereocenters. The Hall–Kier alpha value is -1.20. The molecule has 3 N–H and O–H groups in total. The fourth-order valence-electron chi connectivity index (χ4n) is 2.56. The fourth-order valence-corrected chi connectivity index (χ4v) is 2.56. The third-order valence-corrected chi connectivity index (χ3v) is 3.47. The first kappa shape index (κ1) is 13.2. The smallest absolute Gasteiger partial charge is 0.144 e. The zero-order valence-electron chi connectivity index (χ0n) is 11.0. The molecule has 0 radical (unpaired) electrons. The number of aliphatic hydroxyl groups is 1. The Morgan fingerprint density at radius 3 is 2.94 bits per heavy atom. The first-order valence-electron chi connectivity index (χ1n) is 6.64. The van der Waals surface area contributed by atoms with Gasteiger partial charge in [-0.2, -0.15) is 0 Å². The average molecular weight is 250 g/mol. The Kier molecular flexibility index (Phi) is 4.49. The molecule has 1 aliphatic heterocycles. The van der Waals surface area contributed by atoms with Crippen LogP contribution in [-0.2, 0) is 6.54 Å². The van der Waals surface area contributed by atoms with E-state index in [1.165, 1.54) is 19.3 Å². The SMILES string of the molecule is Cc1cc(N)nc(CN2CCCCCC2CO)n1. The maximum absolute atomic E-state index is 9.47. The molecule has 0 spiro atoms. The van der Waals surface area contributed by atoms with Gasteiger partial charge >= 0.3 is 0 Å². The number of aryl methyl sites for hydroxylation is 1. The molecule has 1 aromatic heterocycles. The summed E-state index contributed by atoms with van der Waals surface area (Å²) in [6, 6.07) is 2.01. The molecule has 1 unspecified atom stereocenters. The fraction of sp³-hybridized carbons (Fsp3) is 0.692. The molecule has 2 heterocycles. The summed E-state index contributed by atoms with van der Waals surface area (Å²) in [4.78, 5) is 11.0. The predicted octanol–water partition coefficient (Wildman–Crippen LogP) is 1.10. The maximum atomic E-state index is 9.47. The second-order valence-corrected chi connectivity index (χ2v) is 5.01. The zero-order chi connectivity index (χ0) is 13.0. The van der Waals surface area contributed by atoms with Gasteiger partial charge in [-0.25, -0.2) is 9.97 Å². The zero-order valence-corrected chi connectivity index (χ0v) is 11.0. The predicted molar refractivity (Wildman–Crippen MR) is 70.9 cm³/mol. The highest BCUT2D eigenvalue weighted by Gasteiger charge is 2.21. The van der Waals surface area contributed by atoms with E-state index in [2.05, 4.69) is 14.9 Å². The van der Waals surface area contributed by atoms with E-state index in [0.29, 0.717) is 12.4 Å². The molecule has 0 amide bonds. The van der Waals surface area contributed by atoms with Crippen LogP contribution in [0.5, 0.6) is 0 Å². The minimum absolute atomic E-state index is 0.210. The second-order valence-electron chi connectivity index (χ2n) is 5.01. The van der Waals surface area contributed by atoms with Gasteiger partial charge in [0.1, 0.15) is 11.6 Å². The van der Waals surface area contributed by atoms with E-state index in [9.17, 15) is 5.11 Å². The Bertz CT molecular complexity index is 376. The van der Waals surface area contributed by atoms with E-state index in [0.717, 1.165) is 24.5 Å². The largest absolute Gasteiger partial charge is 0.395 e. The van der Waals surface area contributed by atoms with Crippen LogP contribution in [0.2, 0.25) is 0 Å². The van der Waals surface area contributed by atoms with Crippen LogP contribution in [0.3, 0.4) is 0 Å². The van der Waals surface area contributed by atoms with Crippen molar-refractivity contribution in [1.82, 2.24) is 14.9 Å². The topological polar surface area (TPSA) is 75.3 Å². The van der Waals surface area contributed by atoms with Crippen molar-refractivity contribution < 1.29 is 5.11 Å². The summed E-state index contributed by atoms with van der Waals surface area (Å²) in [5.74, 6) is 1.28. The van der Waals surface area contributed by atoms with Gasteiger partial charge in [-0.05, 0) is 26.3 Å². The van der Waals surface area contributed by atoms with Gasteiger partial charge in [-0.15, -0.1) is 0 Å². The quantitative estimate of drug-likeness (QED) is 0.840. The summed E-state index contributed by atoms with van der Waals surface area (Å²) >= 11 is 0.